The van der Waals surface area contributed by atoms with Crippen LogP contribution in [0, 0.1) is 6.92 Å². The third-order valence-electron chi connectivity index (χ3n) is 4.19. The Hall–Kier alpha value is -2.08. The largest absolute Gasteiger partial charge is 0.494 e. The van der Waals surface area contributed by atoms with Crippen LogP contribution in [0.2, 0.25) is 0 Å². The van der Waals surface area contributed by atoms with Crippen LogP contribution in [-0.4, -0.2) is 42.3 Å². The summed E-state index contributed by atoms with van der Waals surface area (Å²) >= 11 is 0. The lowest BCUT2D eigenvalue weighted by Gasteiger charge is -2.33. The summed E-state index contributed by atoms with van der Waals surface area (Å²) in [6.07, 6.45) is 2.32. The summed E-state index contributed by atoms with van der Waals surface area (Å²) in [6.45, 7) is 3.26. The second kappa shape index (κ2) is 8.68. The average molecular weight is 335 g/mol. The van der Waals surface area contributed by atoms with Crippen LogP contribution in [0.1, 0.15) is 37.7 Å². The van der Waals surface area contributed by atoms with Crippen LogP contribution >= 0.6 is 0 Å². The van der Waals surface area contributed by atoms with Gasteiger partial charge in [-0.05, 0) is 37.5 Å². The Morgan fingerprint density at radius 1 is 1.29 bits per heavy atom. The van der Waals surface area contributed by atoms with Crippen molar-refractivity contribution in [2.75, 3.05) is 19.8 Å². The number of amides is 1. The van der Waals surface area contributed by atoms with Gasteiger partial charge in [0.1, 0.15) is 11.3 Å². The minimum absolute atomic E-state index is 0.227. The molecule has 0 spiro atoms. The highest BCUT2D eigenvalue weighted by atomic mass is 16.5. The molecule has 1 heterocycles. The van der Waals surface area contributed by atoms with E-state index in [1.54, 1.807) is 0 Å². The maximum atomic E-state index is 12.0. The Bertz CT molecular complexity index is 566. The fraction of sp³-hybridized carbons (Fsp3) is 0.556. The highest BCUT2D eigenvalue weighted by Gasteiger charge is 2.41. The van der Waals surface area contributed by atoms with Crippen molar-refractivity contribution in [3.8, 4) is 5.75 Å². The molecule has 0 radical (unpaired) electrons. The fourth-order valence-corrected chi connectivity index (χ4v) is 2.72. The lowest BCUT2D eigenvalue weighted by atomic mass is 9.90. The summed E-state index contributed by atoms with van der Waals surface area (Å²) < 4.78 is 10.8. The smallest absolute Gasteiger partial charge is 0.329 e. The number of aliphatic carboxylic acids is 1. The molecule has 0 bridgehead atoms. The molecule has 2 rings (SSSR count). The van der Waals surface area contributed by atoms with Crippen LogP contribution in [0.25, 0.3) is 0 Å². The zero-order valence-corrected chi connectivity index (χ0v) is 14.0. The van der Waals surface area contributed by atoms with Crippen LogP contribution in [-0.2, 0) is 14.3 Å². The minimum Gasteiger partial charge on any atom is -0.494 e. The molecule has 1 aliphatic heterocycles. The zero-order chi connectivity index (χ0) is 17.4. The summed E-state index contributed by atoms with van der Waals surface area (Å²) in [5.41, 5.74) is -0.0322. The van der Waals surface area contributed by atoms with Gasteiger partial charge < -0.3 is 19.9 Å². The van der Waals surface area contributed by atoms with Gasteiger partial charge in [0.25, 0.3) is 0 Å². The van der Waals surface area contributed by atoms with Crippen LogP contribution < -0.4 is 10.1 Å². The molecule has 0 saturated carbocycles. The van der Waals surface area contributed by atoms with Crippen molar-refractivity contribution in [1.29, 1.82) is 0 Å². The SMILES string of the molecule is Cc1cccc(OCCCCC(=O)NC2(C(=O)O)CCOCC2)c1. The first-order chi connectivity index (χ1) is 11.5. The molecule has 6 heteroatoms. The van der Waals surface area contributed by atoms with Gasteiger partial charge >= 0.3 is 5.97 Å². The van der Waals surface area contributed by atoms with Gasteiger partial charge in [-0.2, -0.15) is 0 Å². The molecule has 2 N–H and O–H groups in total. The molecule has 1 saturated heterocycles. The van der Waals surface area contributed by atoms with E-state index in [0.29, 0.717) is 45.5 Å². The van der Waals surface area contributed by atoms with Gasteiger partial charge in [0.05, 0.1) is 6.61 Å². The molecular weight excluding hydrogens is 310 g/mol. The van der Waals surface area contributed by atoms with Gasteiger partial charge in [-0.15, -0.1) is 0 Å². The van der Waals surface area contributed by atoms with E-state index in [-0.39, 0.29) is 5.91 Å². The molecule has 1 amide bonds. The Morgan fingerprint density at radius 2 is 2.04 bits per heavy atom. The van der Waals surface area contributed by atoms with Gasteiger partial charge in [0, 0.05) is 32.5 Å². The van der Waals surface area contributed by atoms with E-state index in [1.807, 2.05) is 31.2 Å². The monoisotopic (exact) mass is 335 g/mol. The second-order valence-electron chi connectivity index (χ2n) is 6.17. The van der Waals surface area contributed by atoms with Gasteiger partial charge in [-0.3, -0.25) is 4.79 Å². The standard InChI is InChI=1S/C18H25NO5/c1-14-5-4-6-15(13-14)24-10-3-2-7-16(20)19-18(17(21)22)8-11-23-12-9-18/h4-6,13H,2-3,7-12H2,1H3,(H,19,20)(H,21,22). The highest BCUT2D eigenvalue weighted by Crippen LogP contribution is 2.21. The Balaban J connectivity index is 1.68. The molecule has 1 aromatic carbocycles. The fourth-order valence-electron chi connectivity index (χ4n) is 2.72. The van der Waals surface area contributed by atoms with E-state index in [0.717, 1.165) is 17.7 Å². The topological polar surface area (TPSA) is 84.9 Å². The number of hydrogen-bond acceptors (Lipinski definition) is 4. The number of carboxylic acid groups (broad SMARTS) is 1. The van der Waals surface area contributed by atoms with Crippen LogP contribution in [0.5, 0.6) is 5.75 Å². The summed E-state index contributed by atoms with van der Waals surface area (Å²) in [5, 5.41) is 12.1. The number of hydrogen-bond donors (Lipinski definition) is 2. The predicted octanol–water partition coefficient (Wildman–Crippen LogP) is 2.29. The number of nitrogens with one attached hydrogen (secondary N) is 1. The quantitative estimate of drug-likeness (QED) is 0.712. The van der Waals surface area contributed by atoms with E-state index in [2.05, 4.69) is 5.32 Å². The van der Waals surface area contributed by atoms with Crippen molar-refractivity contribution in [1.82, 2.24) is 5.32 Å². The predicted molar refractivity (Wildman–Crippen MR) is 89.1 cm³/mol. The molecule has 0 unspecified atom stereocenters. The van der Waals surface area contributed by atoms with E-state index >= 15 is 0 Å². The molecule has 0 aromatic heterocycles. The molecule has 0 aliphatic carbocycles. The first-order valence-electron chi connectivity index (χ1n) is 8.33. The number of carbonyl (C=O) groups is 2. The molecule has 1 aromatic rings. The number of aryl methyl sites for hydroxylation is 1. The van der Waals surface area contributed by atoms with Crippen molar-refractivity contribution in [2.24, 2.45) is 0 Å². The first kappa shape index (κ1) is 18.3. The summed E-state index contributed by atoms with van der Waals surface area (Å²) in [6, 6.07) is 7.82. The lowest BCUT2D eigenvalue weighted by molar-refractivity contribution is -0.152. The highest BCUT2D eigenvalue weighted by molar-refractivity contribution is 5.87. The number of unbranched alkanes of at least 4 members (excludes halogenated alkanes) is 1. The molecule has 0 atom stereocenters. The molecule has 6 nitrogen and oxygen atoms in total. The average Bonchev–Trinajstić information content (AvgIpc) is 2.55. The van der Waals surface area contributed by atoms with Crippen molar-refractivity contribution < 1.29 is 24.2 Å². The number of rotatable bonds is 8. The Kier molecular flexibility index (Phi) is 6.61. The molecule has 1 aliphatic rings. The Labute approximate surface area is 142 Å². The van der Waals surface area contributed by atoms with Crippen molar-refractivity contribution in [2.45, 2.75) is 44.6 Å². The number of carbonyl (C=O) groups excluding carboxylic acids is 1. The molecule has 1 fully saturated rings. The van der Waals surface area contributed by atoms with Crippen LogP contribution in [0.4, 0.5) is 0 Å². The van der Waals surface area contributed by atoms with E-state index < -0.39 is 11.5 Å². The van der Waals surface area contributed by atoms with Gasteiger partial charge in [0.15, 0.2) is 0 Å². The maximum Gasteiger partial charge on any atom is 0.329 e. The summed E-state index contributed by atoms with van der Waals surface area (Å²) in [4.78, 5) is 23.5. The van der Waals surface area contributed by atoms with Gasteiger partial charge in [0.2, 0.25) is 5.91 Å². The molecular formula is C18H25NO5. The van der Waals surface area contributed by atoms with Crippen molar-refractivity contribution in [3.05, 3.63) is 29.8 Å². The third-order valence-corrected chi connectivity index (χ3v) is 4.19. The van der Waals surface area contributed by atoms with E-state index in [1.165, 1.54) is 0 Å². The van der Waals surface area contributed by atoms with Crippen molar-refractivity contribution >= 4 is 11.9 Å². The van der Waals surface area contributed by atoms with Gasteiger partial charge in [-0.1, -0.05) is 12.1 Å². The normalized spacial score (nSPS) is 16.4. The number of benzene rings is 1. The zero-order valence-electron chi connectivity index (χ0n) is 14.0. The second-order valence-corrected chi connectivity index (χ2v) is 6.17. The minimum atomic E-state index is -1.17. The van der Waals surface area contributed by atoms with E-state index in [4.69, 9.17) is 9.47 Å². The molecule has 132 valence electrons. The molecule has 24 heavy (non-hydrogen) atoms. The Morgan fingerprint density at radius 3 is 2.71 bits per heavy atom. The van der Waals surface area contributed by atoms with Crippen molar-refractivity contribution in [3.63, 3.8) is 0 Å². The van der Waals surface area contributed by atoms with E-state index in [9.17, 15) is 14.7 Å². The summed E-state index contributed by atoms with van der Waals surface area (Å²) in [5.74, 6) is -0.386. The number of ether oxygens (including phenoxy) is 2. The van der Waals surface area contributed by atoms with Gasteiger partial charge in [-0.25, -0.2) is 4.79 Å². The maximum absolute atomic E-state index is 12.0. The third kappa shape index (κ3) is 5.23. The van der Waals surface area contributed by atoms with Crippen LogP contribution in [0.15, 0.2) is 24.3 Å². The first-order valence-corrected chi connectivity index (χ1v) is 8.33. The lowest BCUT2D eigenvalue weighted by Crippen LogP contribution is -2.57. The van der Waals surface area contributed by atoms with Crippen LogP contribution in [0.3, 0.4) is 0 Å². The summed E-state index contributed by atoms with van der Waals surface area (Å²) in [7, 11) is 0. The number of carboxylic acids is 1.